The summed E-state index contributed by atoms with van der Waals surface area (Å²) in [4.78, 5) is 22.4. The molecule has 0 heterocycles. The molecule has 0 aliphatic heterocycles. The third-order valence-corrected chi connectivity index (χ3v) is 3.16. The van der Waals surface area contributed by atoms with Gasteiger partial charge in [-0.25, -0.2) is 0 Å². The fourth-order valence-corrected chi connectivity index (χ4v) is 2.20. The summed E-state index contributed by atoms with van der Waals surface area (Å²) in [5.74, 6) is -0.666. The predicted octanol–water partition coefficient (Wildman–Crippen LogP) is 2.79. The minimum absolute atomic E-state index is 0.112. The number of carbonyl (C=O) groups excluding carboxylic acids is 1. The third kappa shape index (κ3) is 5.95. The van der Waals surface area contributed by atoms with Gasteiger partial charge in [-0.3, -0.25) is 14.9 Å². The van der Waals surface area contributed by atoms with Crippen molar-refractivity contribution in [3.63, 3.8) is 0 Å². The highest BCUT2D eigenvalue weighted by Crippen LogP contribution is 2.19. The number of aliphatic carboxylic acids is 1. The topological polar surface area (TPSA) is 78.4 Å². The zero-order valence-electron chi connectivity index (χ0n) is 13.0. The van der Waals surface area contributed by atoms with Crippen molar-refractivity contribution in [3.8, 4) is 0 Å². The van der Waals surface area contributed by atoms with Crippen LogP contribution in [0, 0.1) is 5.92 Å². The van der Waals surface area contributed by atoms with Crippen LogP contribution in [0.3, 0.4) is 0 Å². The van der Waals surface area contributed by atoms with Gasteiger partial charge in [-0.15, -0.1) is 0 Å². The Morgan fingerprint density at radius 3 is 2.43 bits per heavy atom. The van der Waals surface area contributed by atoms with Gasteiger partial charge < -0.3 is 10.4 Å². The van der Waals surface area contributed by atoms with Crippen molar-refractivity contribution < 1.29 is 14.7 Å². The molecule has 3 N–H and O–H groups in total. The minimum Gasteiger partial charge on any atom is -0.480 e. The first-order valence-electron chi connectivity index (χ1n) is 7.16. The number of carboxylic acid groups (broad SMARTS) is 1. The maximum atomic E-state index is 11.3. The van der Waals surface area contributed by atoms with Gasteiger partial charge in [-0.1, -0.05) is 26.0 Å². The lowest BCUT2D eigenvalue weighted by Crippen LogP contribution is -2.39. The first-order chi connectivity index (χ1) is 9.79. The van der Waals surface area contributed by atoms with Gasteiger partial charge in [0.15, 0.2) is 0 Å². The van der Waals surface area contributed by atoms with E-state index in [1.807, 2.05) is 39.0 Å². The molecule has 1 aromatic carbocycles. The van der Waals surface area contributed by atoms with E-state index in [4.69, 9.17) is 0 Å². The largest absolute Gasteiger partial charge is 0.480 e. The van der Waals surface area contributed by atoms with Crippen molar-refractivity contribution in [3.05, 3.63) is 29.8 Å². The van der Waals surface area contributed by atoms with E-state index in [2.05, 4.69) is 10.6 Å². The summed E-state index contributed by atoms with van der Waals surface area (Å²) in [6.07, 6.45) is 0.574. The molecule has 5 heteroatoms. The van der Waals surface area contributed by atoms with E-state index >= 15 is 0 Å². The molecule has 5 nitrogen and oxygen atoms in total. The second-order valence-corrected chi connectivity index (χ2v) is 5.72. The molecule has 0 aliphatic rings. The smallest absolute Gasteiger partial charge is 0.320 e. The van der Waals surface area contributed by atoms with Crippen LogP contribution in [-0.2, 0) is 9.59 Å². The average molecular weight is 292 g/mol. The van der Waals surface area contributed by atoms with E-state index in [9.17, 15) is 14.7 Å². The minimum atomic E-state index is -0.839. The van der Waals surface area contributed by atoms with E-state index in [-0.39, 0.29) is 11.9 Å². The van der Waals surface area contributed by atoms with Crippen LogP contribution in [-0.4, -0.2) is 23.0 Å². The van der Waals surface area contributed by atoms with E-state index in [1.54, 1.807) is 6.07 Å². The molecule has 1 amide bonds. The molecule has 0 saturated carbocycles. The van der Waals surface area contributed by atoms with Crippen LogP contribution in [0.2, 0.25) is 0 Å². The monoisotopic (exact) mass is 292 g/mol. The highest BCUT2D eigenvalue weighted by atomic mass is 16.4. The summed E-state index contributed by atoms with van der Waals surface area (Å²) in [7, 11) is 0. The second kappa shape index (κ2) is 7.78. The number of hydrogen-bond acceptors (Lipinski definition) is 3. The molecule has 2 atom stereocenters. The fourth-order valence-electron chi connectivity index (χ4n) is 2.20. The van der Waals surface area contributed by atoms with Crippen LogP contribution in [0.4, 0.5) is 5.69 Å². The van der Waals surface area contributed by atoms with Crippen LogP contribution in [0.1, 0.15) is 45.7 Å². The molecule has 2 unspecified atom stereocenters. The second-order valence-electron chi connectivity index (χ2n) is 5.72. The first kappa shape index (κ1) is 17.2. The van der Waals surface area contributed by atoms with Crippen LogP contribution in [0.5, 0.6) is 0 Å². The van der Waals surface area contributed by atoms with E-state index in [0.717, 1.165) is 5.56 Å². The number of carboxylic acids is 1. The molecule has 0 spiro atoms. The number of carbonyl (C=O) groups is 2. The van der Waals surface area contributed by atoms with Gasteiger partial charge in [0.05, 0.1) is 0 Å². The predicted molar refractivity (Wildman–Crippen MR) is 83.2 cm³/mol. The van der Waals surface area contributed by atoms with Gasteiger partial charge in [0, 0.05) is 18.7 Å². The number of amides is 1. The number of nitrogens with one attached hydrogen (secondary N) is 2. The Morgan fingerprint density at radius 1 is 1.24 bits per heavy atom. The lowest BCUT2D eigenvalue weighted by Gasteiger charge is -2.22. The zero-order chi connectivity index (χ0) is 16.0. The quantitative estimate of drug-likeness (QED) is 0.722. The summed E-state index contributed by atoms with van der Waals surface area (Å²) in [5, 5.41) is 15.1. The highest BCUT2D eigenvalue weighted by Gasteiger charge is 2.21. The van der Waals surface area contributed by atoms with Crippen molar-refractivity contribution >= 4 is 17.6 Å². The van der Waals surface area contributed by atoms with Gasteiger partial charge in [0.25, 0.3) is 0 Å². The SMILES string of the molecule is CC(=O)Nc1cccc(C(C)NC(CC(C)C)C(=O)O)c1. The van der Waals surface area contributed by atoms with Crippen LogP contribution >= 0.6 is 0 Å². The molecular weight excluding hydrogens is 268 g/mol. The van der Waals surface area contributed by atoms with Gasteiger partial charge in [-0.2, -0.15) is 0 Å². The molecule has 1 rings (SSSR count). The van der Waals surface area contributed by atoms with Crippen molar-refractivity contribution in [2.45, 2.75) is 46.2 Å². The molecule has 0 bridgehead atoms. The molecular formula is C16H24N2O3. The van der Waals surface area contributed by atoms with Gasteiger partial charge in [0.2, 0.25) is 5.91 Å². The van der Waals surface area contributed by atoms with E-state index in [1.165, 1.54) is 6.92 Å². The lowest BCUT2D eigenvalue weighted by atomic mass is 10.0. The Hall–Kier alpha value is -1.88. The molecule has 116 valence electrons. The van der Waals surface area contributed by atoms with Gasteiger partial charge >= 0.3 is 5.97 Å². The maximum absolute atomic E-state index is 11.3. The standard InChI is InChI=1S/C16H24N2O3/c1-10(2)8-15(16(20)21)17-11(3)13-6-5-7-14(9-13)18-12(4)19/h5-7,9-11,15,17H,8H2,1-4H3,(H,18,19)(H,20,21). The Balaban J connectivity index is 2.79. The molecule has 0 aliphatic carbocycles. The Labute approximate surface area is 125 Å². The number of hydrogen-bond donors (Lipinski definition) is 3. The zero-order valence-corrected chi connectivity index (χ0v) is 13.0. The van der Waals surface area contributed by atoms with E-state index < -0.39 is 12.0 Å². The molecule has 0 saturated heterocycles. The third-order valence-electron chi connectivity index (χ3n) is 3.16. The number of anilines is 1. The molecule has 1 aromatic rings. The Bertz CT molecular complexity index is 500. The summed E-state index contributed by atoms with van der Waals surface area (Å²) in [6.45, 7) is 7.37. The van der Waals surface area contributed by atoms with Gasteiger partial charge in [-0.05, 0) is 37.0 Å². The van der Waals surface area contributed by atoms with Gasteiger partial charge in [0.1, 0.15) is 6.04 Å². The number of rotatable bonds is 7. The lowest BCUT2D eigenvalue weighted by molar-refractivity contribution is -0.140. The van der Waals surface area contributed by atoms with Crippen LogP contribution in [0.15, 0.2) is 24.3 Å². The summed E-state index contributed by atoms with van der Waals surface area (Å²) in [5.41, 5.74) is 1.65. The van der Waals surface area contributed by atoms with Crippen molar-refractivity contribution in [1.29, 1.82) is 0 Å². The maximum Gasteiger partial charge on any atom is 0.320 e. The average Bonchev–Trinajstić information content (AvgIpc) is 2.36. The van der Waals surface area contributed by atoms with Crippen LogP contribution < -0.4 is 10.6 Å². The summed E-state index contributed by atoms with van der Waals surface area (Å²) in [6, 6.07) is 6.73. The Kier molecular flexibility index (Phi) is 6.37. The molecule has 21 heavy (non-hydrogen) atoms. The number of benzene rings is 1. The van der Waals surface area contributed by atoms with E-state index in [0.29, 0.717) is 18.0 Å². The highest BCUT2D eigenvalue weighted by molar-refractivity contribution is 5.88. The molecule has 0 fully saturated rings. The fraction of sp³-hybridized carbons (Fsp3) is 0.500. The Morgan fingerprint density at radius 2 is 1.90 bits per heavy atom. The van der Waals surface area contributed by atoms with Crippen molar-refractivity contribution in [2.75, 3.05) is 5.32 Å². The summed E-state index contributed by atoms with van der Waals surface area (Å²) < 4.78 is 0. The molecule has 0 aromatic heterocycles. The first-order valence-corrected chi connectivity index (χ1v) is 7.16. The summed E-state index contributed by atoms with van der Waals surface area (Å²) >= 11 is 0. The normalized spacial score (nSPS) is 13.8. The van der Waals surface area contributed by atoms with Crippen LogP contribution in [0.25, 0.3) is 0 Å². The molecule has 0 radical (unpaired) electrons. The van der Waals surface area contributed by atoms with Crippen molar-refractivity contribution in [2.24, 2.45) is 5.92 Å². The van der Waals surface area contributed by atoms with Crippen molar-refractivity contribution in [1.82, 2.24) is 5.32 Å².